The highest BCUT2D eigenvalue weighted by molar-refractivity contribution is 5.99. The van der Waals surface area contributed by atoms with Crippen molar-refractivity contribution in [2.45, 2.75) is 6.18 Å². The molecule has 122 valence electrons. The molecule has 1 aromatic heterocycles. The third kappa shape index (κ3) is 2.80. The van der Waals surface area contributed by atoms with Gasteiger partial charge in [-0.2, -0.15) is 13.2 Å². The number of pyridine rings is 1. The standard InChI is InChI=1S/C17H9F4NO2/c18-14-3-1-9(8-13(14)17(19,20)21)11-5-6-22-15-4-2-10(16(23)24)7-12(11)15/h1-8H,(H,23,24). The molecule has 0 aliphatic carbocycles. The number of nitrogens with zero attached hydrogens (tertiary/aromatic N) is 1. The Bertz CT molecular complexity index is 951. The number of fused-ring (bicyclic) bond motifs is 1. The summed E-state index contributed by atoms with van der Waals surface area (Å²) in [6.07, 6.45) is -3.43. The summed E-state index contributed by atoms with van der Waals surface area (Å²) in [7, 11) is 0. The maximum Gasteiger partial charge on any atom is 0.419 e. The molecule has 3 nitrogen and oxygen atoms in total. The maximum absolute atomic E-state index is 13.5. The van der Waals surface area contributed by atoms with Crippen LogP contribution in [0.4, 0.5) is 17.6 Å². The number of carboxylic acid groups (broad SMARTS) is 1. The van der Waals surface area contributed by atoms with Gasteiger partial charge in [0.2, 0.25) is 0 Å². The zero-order valence-electron chi connectivity index (χ0n) is 11.9. The lowest BCUT2D eigenvalue weighted by Gasteiger charge is -2.12. The van der Waals surface area contributed by atoms with Crippen molar-refractivity contribution in [3.8, 4) is 11.1 Å². The zero-order valence-corrected chi connectivity index (χ0v) is 11.9. The molecule has 1 heterocycles. The predicted molar refractivity (Wildman–Crippen MR) is 79.1 cm³/mol. The van der Waals surface area contributed by atoms with Crippen LogP contribution in [0.25, 0.3) is 22.0 Å². The maximum atomic E-state index is 13.5. The molecule has 1 N–H and O–H groups in total. The molecule has 0 radical (unpaired) electrons. The van der Waals surface area contributed by atoms with Crippen molar-refractivity contribution in [3.63, 3.8) is 0 Å². The van der Waals surface area contributed by atoms with Gasteiger partial charge in [-0.3, -0.25) is 4.98 Å². The Balaban J connectivity index is 2.26. The average Bonchev–Trinajstić information content (AvgIpc) is 2.53. The third-order valence-corrected chi connectivity index (χ3v) is 3.57. The number of benzene rings is 2. The number of carboxylic acids is 1. The minimum absolute atomic E-state index is 0.0186. The zero-order chi connectivity index (χ0) is 17.5. The Morgan fingerprint density at radius 1 is 1.04 bits per heavy atom. The first-order valence-electron chi connectivity index (χ1n) is 6.76. The van der Waals surface area contributed by atoms with Crippen molar-refractivity contribution in [2.24, 2.45) is 0 Å². The van der Waals surface area contributed by atoms with Crippen LogP contribution in [0.15, 0.2) is 48.7 Å². The number of rotatable bonds is 2. The minimum atomic E-state index is -4.82. The van der Waals surface area contributed by atoms with E-state index in [-0.39, 0.29) is 11.1 Å². The second-order valence-electron chi connectivity index (χ2n) is 5.09. The second kappa shape index (κ2) is 5.59. The molecule has 0 saturated carbocycles. The van der Waals surface area contributed by atoms with Gasteiger partial charge in [0.1, 0.15) is 5.82 Å². The molecular formula is C17H9F4NO2. The van der Waals surface area contributed by atoms with Gasteiger partial charge in [-0.25, -0.2) is 9.18 Å². The van der Waals surface area contributed by atoms with E-state index in [1.165, 1.54) is 36.5 Å². The van der Waals surface area contributed by atoms with Gasteiger partial charge in [-0.05, 0) is 47.5 Å². The first-order chi connectivity index (χ1) is 11.3. The van der Waals surface area contributed by atoms with E-state index in [1.54, 1.807) is 0 Å². The van der Waals surface area contributed by atoms with Crippen LogP contribution in [0.5, 0.6) is 0 Å². The Hall–Kier alpha value is -2.96. The SMILES string of the molecule is O=C(O)c1ccc2nccc(-c3ccc(F)c(C(F)(F)F)c3)c2c1. The monoisotopic (exact) mass is 335 g/mol. The summed E-state index contributed by atoms with van der Waals surface area (Å²) in [5.41, 5.74) is -0.503. The van der Waals surface area contributed by atoms with Gasteiger partial charge < -0.3 is 5.11 Å². The highest BCUT2D eigenvalue weighted by Crippen LogP contribution is 2.36. The Morgan fingerprint density at radius 3 is 2.46 bits per heavy atom. The van der Waals surface area contributed by atoms with E-state index in [9.17, 15) is 22.4 Å². The fraction of sp³-hybridized carbons (Fsp3) is 0.0588. The molecule has 0 atom stereocenters. The van der Waals surface area contributed by atoms with E-state index in [1.807, 2.05) is 0 Å². The van der Waals surface area contributed by atoms with E-state index >= 15 is 0 Å². The van der Waals surface area contributed by atoms with Crippen LogP contribution in [-0.4, -0.2) is 16.1 Å². The van der Waals surface area contributed by atoms with Crippen molar-refractivity contribution in [3.05, 3.63) is 65.6 Å². The molecule has 0 spiro atoms. The van der Waals surface area contributed by atoms with E-state index in [0.717, 1.165) is 6.07 Å². The molecule has 3 rings (SSSR count). The lowest BCUT2D eigenvalue weighted by atomic mass is 9.98. The normalized spacial score (nSPS) is 11.7. The van der Waals surface area contributed by atoms with Crippen LogP contribution in [0.2, 0.25) is 0 Å². The third-order valence-electron chi connectivity index (χ3n) is 3.57. The van der Waals surface area contributed by atoms with Crippen molar-refractivity contribution in [1.82, 2.24) is 4.98 Å². The lowest BCUT2D eigenvalue weighted by Crippen LogP contribution is -2.08. The van der Waals surface area contributed by atoms with E-state index in [0.29, 0.717) is 22.5 Å². The highest BCUT2D eigenvalue weighted by atomic mass is 19.4. The number of hydrogen-bond donors (Lipinski definition) is 1. The number of aromatic carboxylic acids is 1. The molecule has 0 aliphatic rings. The fourth-order valence-corrected chi connectivity index (χ4v) is 2.44. The van der Waals surface area contributed by atoms with E-state index in [2.05, 4.69) is 4.98 Å². The summed E-state index contributed by atoms with van der Waals surface area (Å²) >= 11 is 0. The van der Waals surface area contributed by atoms with Gasteiger partial charge in [-0.1, -0.05) is 6.07 Å². The quantitative estimate of drug-likeness (QED) is 0.687. The van der Waals surface area contributed by atoms with Crippen molar-refractivity contribution < 1.29 is 27.5 Å². The molecule has 3 aromatic rings. The highest BCUT2D eigenvalue weighted by Gasteiger charge is 2.34. The summed E-state index contributed by atoms with van der Waals surface area (Å²) in [6, 6.07) is 8.28. The second-order valence-corrected chi connectivity index (χ2v) is 5.09. The largest absolute Gasteiger partial charge is 0.478 e. The summed E-state index contributed by atoms with van der Waals surface area (Å²) < 4.78 is 52.1. The van der Waals surface area contributed by atoms with Crippen LogP contribution in [-0.2, 0) is 6.18 Å². The molecule has 0 bridgehead atoms. The van der Waals surface area contributed by atoms with Crippen LogP contribution >= 0.6 is 0 Å². The number of carbonyl (C=O) groups is 1. The van der Waals surface area contributed by atoms with Crippen molar-refractivity contribution in [1.29, 1.82) is 0 Å². The Morgan fingerprint density at radius 2 is 1.79 bits per heavy atom. The van der Waals surface area contributed by atoms with Crippen molar-refractivity contribution in [2.75, 3.05) is 0 Å². The molecule has 7 heteroatoms. The number of hydrogen-bond acceptors (Lipinski definition) is 2. The van der Waals surface area contributed by atoms with Crippen LogP contribution in [0.1, 0.15) is 15.9 Å². The Kier molecular flexibility index (Phi) is 3.71. The molecular weight excluding hydrogens is 326 g/mol. The van der Waals surface area contributed by atoms with E-state index < -0.39 is 23.5 Å². The van der Waals surface area contributed by atoms with Crippen molar-refractivity contribution >= 4 is 16.9 Å². The number of aromatic nitrogens is 1. The van der Waals surface area contributed by atoms with Crippen LogP contribution < -0.4 is 0 Å². The molecule has 0 fully saturated rings. The molecule has 0 unspecified atom stereocenters. The summed E-state index contributed by atoms with van der Waals surface area (Å²) in [5, 5.41) is 9.45. The van der Waals surface area contributed by atoms with Gasteiger partial charge in [0, 0.05) is 11.6 Å². The molecule has 0 aliphatic heterocycles. The Labute approximate surface area is 133 Å². The van der Waals surface area contributed by atoms with Crippen LogP contribution in [0.3, 0.4) is 0 Å². The summed E-state index contributed by atoms with van der Waals surface area (Å²) in [6.45, 7) is 0. The number of halogens is 4. The van der Waals surface area contributed by atoms with Gasteiger partial charge in [-0.15, -0.1) is 0 Å². The smallest absolute Gasteiger partial charge is 0.419 e. The van der Waals surface area contributed by atoms with Gasteiger partial charge in [0.25, 0.3) is 0 Å². The topological polar surface area (TPSA) is 50.2 Å². The van der Waals surface area contributed by atoms with Gasteiger partial charge >= 0.3 is 12.1 Å². The summed E-state index contributed by atoms with van der Waals surface area (Å²) in [4.78, 5) is 15.2. The number of alkyl halides is 3. The molecule has 2 aromatic carbocycles. The predicted octanol–water partition coefficient (Wildman–Crippen LogP) is 4.76. The molecule has 0 saturated heterocycles. The van der Waals surface area contributed by atoms with E-state index in [4.69, 9.17) is 5.11 Å². The van der Waals surface area contributed by atoms with Gasteiger partial charge in [0.15, 0.2) is 0 Å². The first-order valence-corrected chi connectivity index (χ1v) is 6.76. The molecule has 24 heavy (non-hydrogen) atoms. The molecule has 0 amide bonds. The minimum Gasteiger partial charge on any atom is -0.478 e. The lowest BCUT2D eigenvalue weighted by molar-refractivity contribution is -0.139. The first kappa shape index (κ1) is 15.9. The van der Waals surface area contributed by atoms with Crippen LogP contribution in [0, 0.1) is 5.82 Å². The fourth-order valence-electron chi connectivity index (χ4n) is 2.44. The van der Waals surface area contributed by atoms with Gasteiger partial charge in [0.05, 0.1) is 16.6 Å². The summed E-state index contributed by atoms with van der Waals surface area (Å²) in [5.74, 6) is -2.53. The average molecular weight is 335 g/mol.